The Morgan fingerprint density at radius 2 is 1.75 bits per heavy atom. The highest BCUT2D eigenvalue weighted by atomic mass is 32.2. The molecule has 10 nitrogen and oxygen atoms in total. The van der Waals surface area contributed by atoms with Crippen molar-refractivity contribution in [2.45, 2.75) is 25.7 Å². The van der Waals surface area contributed by atoms with Gasteiger partial charge in [0.15, 0.2) is 5.76 Å². The number of hydrogen-bond acceptors (Lipinski definition) is 8. The zero-order valence-corrected chi connectivity index (χ0v) is 16.7. The van der Waals surface area contributed by atoms with E-state index in [2.05, 4.69) is 25.0 Å². The Bertz CT molecular complexity index is 1060. The fraction of sp³-hybridized carbons (Fsp3) is 0.412. The van der Waals surface area contributed by atoms with Gasteiger partial charge in [-0.15, -0.1) is 0 Å². The topological polar surface area (TPSA) is 110 Å². The van der Waals surface area contributed by atoms with E-state index in [-0.39, 0.29) is 4.90 Å². The number of sulfonamides is 1. The lowest BCUT2D eigenvalue weighted by Gasteiger charge is -2.34. The van der Waals surface area contributed by atoms with Crippen LogP contribution in [0.3, 0.4) is 0 Å². The van der Waals surface area contributed by atoms with Crippen LogP contribution in [0, 0.1) is 20.8 Å². The Labute approximate surface area is 162 Å². The van der Waals surface area contributed by atoms with Gasteiger partial charge in [0, 0.05) is 44.6 Å². The van der Waals surface area contributed by atoms with Gasteiger partial charge >= 0.3 is 0 Å². The van der Waals surface area contributed by atoms with E-state index in [1.807, 2.05) is 23.8 Å². The average Bonchev–Trinajstić information content (AvgIpc) is 3.31. The molecule has 1 aliphatic heterocycles. The van der Waals surface area contributed by atoms with Crippen molar-refractivity contribution < 1.29 is 12.9 Å². The molecule has 0 N–H and O–H groups in total. The third-order valence-corrected chi connectivity index (χ3v) is 6.85. The first-order valence-corrected chi connectivity index (χ1v) is 10.3. The molecule has 0 atom stereocenters. The number of nitrogens with zero attached hydrogens (tertiary/aromatic N) is 7. The van der Waals surface area contributed by atoms with Gasteiger partial charge in [-0.05, 0) is 20.8 Å². The maximum Gasteiger partial charge on any atom is 0.248 e. The lowest BCUT2D eigenvalue weighted by atomic mass is 10.3. The van der Waals surface area contributed by atoms with Gasteiger partial charge in [-0.25, -0.2) is 23.4 Å². The number of imidazole rings is 1. The van der Waals surface area contributed by atoms with Crippen LogP contribution in [0.15, 0.2) is 34.2 Å². The summed E-state index contributed by atoms with van der Waals surface area (Å²) in [6, 6.07) is 1.88. The highest BCUT2D eigenvalue weighted by Gasteiger charge is 2.33. The van der Waals surface area contributed by atoms with Crippen LogP contribution in [0.5, 0.6) is 0 Å². The zero-order chi connectivity index (χ0) is 19.9. The molecule has 4 heterocycles. The summed E-state index contributed by atoms with van der Waals surface area (Å²) in [6.07, 6.45) is 5.19. The second-order valence-corrected chi connectivity index (χ2v) is 8.52. The van der Waals surface area contributed by atoms with Crippen LogP contribution >= 0.6 is 0 Å². The summed E-state index contributed by atoms with van der Waals surface area (Å²) < 4.78 is 34.3. The lowest BCUT2D eigenvalue weighted by molar-refractivity contribution is 0.377. The number of aromatic nitrogens is 5. The SMILES string of the molecule is Cc1nc(N2CCN(S(=O)(=O)c3c(C)noc3C)CC2)cc(-n2ccnc2)n1. The number of aryl methyl sites for hydroxylation is 3. The first-order valence-electron chi connectivity index (χ1n) is 8.88. The molecule has 0 unspecified atom stereocenters. The molecule has 0 saturated carbocycles. The smallest absolute Gasteiger partial charge is 0.248 e. The molecular formula is C17H21N7O3S. The summed E-state index contributed by atoms with van der Waals surface area (Å²) in [7, 11) is -3.63. The molecule has 28 heavy (non-hydrogen) atoms. The summed E-state index contributed by atoms with van der Waals surface area (Å²) in [6.45, 7) is 6.87. The maximum atomic E-state index is 13.0. The van der Waals surface area contributed by atoms with Gasteiger partial charge in [-0.2, -0.15) is 4.31 Å². The largest absolute Gasteiger partial charge is 0.360 e. The van der Waals surface area contributed by atoms with Crippen molar-refractivity contribution >= 4 is 15.8 Å². The predicted octanol–water partition coefficient (Wildman–Crippen LogP) is 1.09. The third-order valence-electron chi connectivity index (χ3n) is 4.71. The molecule has 0 aromatic carbocycles. The van der Waals surface area contributed by atoms with Crippen molar-refractivity contribution in [1.29, 1.82) is 0 Å². The Hall–Kier alpha value is -2.79. The Kier molecular flexibility index (Phi) is 4.63. The fourth-order valence-electron chi connectivity index (χ4n) is 3.36. The Morgan fingerprint density at radius 1 is 1.04 bits per heavy atom. The fourth-order valence-corrected chi connectivity index (χ4v) is 5.07. The second kappa shape index (κ2) is 6.99. The first-order chi connectivity index (χ1) is 13.4. The van der Waals surface area contributed by atoms with Crippen LogP contribution in [-0.2, 0) is 10.0 Å². The van der Waals surface area contributed by atoms with Gasteiger partial charge in [0.2, 0.25) is 10.0 Å². The van der Waals surface area contributed by atoms with Gasteiger partial charge in [0.05, 0.1) is 0 Å². The van der Waals surface area contributed by atoms with Crippen molar-refractivity contribution in [3.05, 3.63) is 42.1 Å². The molecule has 3 aromatic rings. The molecule has 0 amide bonds. The molecule has 4 rings (SSSR count). The van der Waals surface area contributed by atoms with Crippen LogP contribution in [0.2, 0.25) is 0 Å². The van der Waals surface area contributed by atoms with Crippen molar-refractivity contribution in [3.8, 4) is 5.82 Å². The van der Waals surface area contributed by atoms with Crippen molar-refractivity contribution in [1.82, 2.24) is 29.0 Å². The monoisotopic (exact) mass is 403 g/mol. The third kappa shape index (κ3) is 3.27. The highest BCUT2D eigenvalue weighted by molar-refractivity contribution is 7.89. The molecule has 11 heteroatoms. The molecule has 148 valence electrons. The number of hydrogen-bond donors (Lipinski definition) is 0. The standard InChI is InChI=1S/C17H21N7O3S/c1-12-17(13(2)27-21-12)28(25,26)24-8-6-22(7-9-24)15-10-16(20-14(3)19-15)23-5-4-18-11-23/h4-5,10-11H,6-9H2,1-3H3. The summed E-state index contributed by atoms with van der Waals surface area (Å²) in [5, 5.41) is 3.77. The van der Waals surface area contributed by atoms with E-state index in [9.17, 15) is 8.42 Å². The van der Waals surface area contributed by atoms with E-state index in [1.165, 1.54) is 4.31 Å². The molecule has 0 radical (unpaired) electrons. The van der Waals surface area contributed by atoms with Gasteiger partial charge < -0.3 is 9.42 Å². The minimum Gasteiger partial charge on any atom is -0.360 e. The van der Waals surface area contributed by atoms with Crippen molar-refractivity contribution in [2.75, 3.05) is 31.1 Å². The second-order valence-electron chi connectivity index (χ2n) is 6.65. The van der Waals surface area contributed by atoms with E-state index in [0.717, 1.165) is 11.6 Å². The van der Waals surface area contributed by atoms with Crippen LogP contribution in [0.25, 0.3) is 5.82 Å². The van der Waals surface area contributed by atoms with Crippen LogP contribution in [-0.4, -0.2) is 63.6 Å². The Balaban J connectivity index is 1.54. The number of anilines is 1. The quantitative estimate of drug-likeness (QED) is 0.637. The molecule has 3 aromatic heterocycles. The van der Waals surface area contributed by atoms with E-state index >= 15 is 0 Å². The molecule has 1 aliphatic rings. The highest BCUT2D eigenvalue weighted by Crippen LogP contribution is 2.25. The lowest BCUT2D eigenvalue weighted by Crippen LogP contribution is -2.49. The van der Waals surface area contributed by atoms with E-state index in [1.54, 1.807) is 26.4 Å². The molecule has 0 bridgehead atoms. The molecule has 1 saturated heterocycles. The normalized spacial score (nSPS) is 15.9. The average molecular weight is 403 g/mol. The van der Waals surface area contributed by atoms with Crippen molar-refractivity contribution in [2.24, 2.45) is 0 Å². The number of rotatable bonds is 4. The van der Waals surface area contributed by atoms with E-state index in [4.69, 9.17) is 4.52 Å². The summed E-state index contributed by atoms with van der Waals surface area (Å²) >= 11 is 0. The minimum absolute atomic E-state index is 0.168. The Morgan fingerprint density at radius 3 is 2.36 bits per heavy atom. The van der Waals surface area contributed by atoms with Crippen molar-refractivity contribution in [3.63, 3.8) is 0 Å². The summed E-state index contributed by atoms with van der Waals surface area (Å²) in [4.78, 5) is 15.2. The van der Waals surface area contributed by atoms with Gasteiger partial charge in [0.25, 0.3) is 0 Å². The van der Waals surface area contributed by atoms with Gasteiger partial charge in [0.1, 0.15) is 34.4 Å². The minimum atomic E-state index is -3.63. The van der Waals surface area contributed by atoms with Gasteiger partial charge in [-0.3, -0.25) is 4.57 Å². The molecular weight excluding hydrogens is 382 g/mol. The zero-order valence-electron chi connectivity index (χ0n) is 15.9. The predicted molar refractivity (Wildman–Crippen MR) is 101 cm³/mol. The van der Waals surface area contributed by atoms with Gasteiger partial charge in [-0.1, -0.05) is 5.16 Å². The molecule has 0 spiro atoms. The van der Waals surface area contributed by atoms with Crippen LogP contribution in [0.4, 0.5) is 5.82 Å². The molecule has 0 aliphatic carbocycles. The van der Waals surface area contributed by atoms with E-state index in [0.29, 0.717) is 43.5 Å². The summed E-state index contributed by atoms with van der Waals surface area (Å²) in [5.74, 6) is 2.46. The maximum absolute atomic E-state index is 13.0. The summed E-state index contributed by atoms with van der Waals surface area (Å²) in [5.41, 5.74) is 0.385. The number of piperazine rings is 1. The first kappa shape index (κ1) is 18.6. The van der Waals surface area contributed by atoms with Crippen LogP contribution in [0.1, 0.15) is 17.3 Å². The molecule has 1 fully saturated rings. The van der Waals surface area contributed by atoms with Crippen LogP contribution < -0.4 is 4.90 Å². The van der Waals surface area contributed by atoms with E-state index < -0.39 is 10.0 Å².